The predicted molar refractivity (Wildman–Crippen MR) is 109 cm³/mol. The van der Waals surface area contributed by atoms with Crippen LogP contribution in [0.4, 0.5) is 0 Å². The largest absolute Gasteiger partial charge is 0.489 e. The fourth-order valence-electron chi connectivity index (χ4n) is 2.26. The zero-order valence-corrected chi connectivity index (χ0v) is 16.4. The quantitative estimate of drug-likeness (QED) is 0.209. The number of hydrogen-bond acceptors (Lipinski definition) is 6. The van der Waals surface area contributed by atoms with Gasteiger partial charge in [0.15, 0.2) is 6.29 Å². The first-order valence-electron chi connectivity index (χ1n) is 8.84. The molecule has 0 N–H and O–H groups in total. The Kier molecular flexibility index (Phi) is 7.48. The summed E-state index contributed by atoms with van der Waals surface area (Å²) in [7, 11) is 0. The van der Waals surface area contributed by atoms with Crippen molar-refractivity contribution in [1.82, 2.24) is 0 Å². The molecule has 0 aliphatic carbocycles. The van der Waals surface area contributed by atoms with E-state index in [4.69, 9.17) is 14.2 Å². The van der Waals surface area contributed by atoms with Crippen molar-refractivity contribution in [2.24, 2.45) is 0 Å². The van der Waals surface area contributed by atoms with Crippen LogP contribution < -0.4 is 9.47 Å². The summed E-state index contributed by atoms with van der Waals surface area (Å²) in [6, 6.07) is 12.1. The minimum atomic E-state index is -0.495. The SMILES string of the molecule is C=C(C)C(=O)OCCOc1cc(-c2ccc(OC(=O)C(=C)C)cc2)ccc1C=O. The highest BCUT2D eigenvalue weighted by molar-refractivity contribution is 5.89. The summed E-state index contributed by atoms with van der Waals surface area (Å²) in [5, 5.41) is 0. The standard InChI is InChI=1S/C23H22O6/c1-15(2)22(25)28-12-11-27-21-13-18(5-6-19(21)14-24)17-7-9-20(10-8-17)29-23(26)16(3)4/h5-10,13-14H,1,3,11-12H2,2,4H3. The molecule has 2 rings (SSSR count). The van der Waals surface area contributed by atoms with Gasteiger partial charge in [0.25, 0.3) is 0 Å². The Balaban J connectivity index is 2.09. The van der Waals surface area contributed by atoms with E-state index in [0.29, 0.717) is 34.5 Å². The minimum absolute atomic E-state index is 0.0387. The molecular formula is C23H22O6. The van der Waals surface area contributed by atoms with E-state index >= 15 is 0 Å². The Morgan fingerprint density at radius 1 is 0.897 bits per heavy atom. The molecule has 0 amide bonds. The zero-order valence-electron chi connectivity index (χ0n) is 16.4. The molecule has 0 aliphatic heterocycles. The lowest BCUT2D eigenvalue weighted by molar-refractivity contribution is -0.139. The number of hydrogen-bond donors (Lipinski definition) is 0. The van der Waals surface area contributed by atoms with Crippen LogP contribution >= 0.6 is 0 Å². The molecule has 0 saturated carbocycles. The molecule has 6 heteroatoms. The zero-order chi connectivity index (χ0) is 21.4. The van der Waals surface area contributed by atoms with Gasteiger partial charge in [-0.1, -0.05) is 31.4 Å². The van der Waals surface area contributed by atoms with Crippen LogP contribution in [0.5, 0.6) is 11.5 Å². The van der Waals surface area contributed by atoms with Gasteiger partial charge < -0.3 is 14.2 Å². The van der Waals surface area contributed by atoms with E-state index in [1.165, 1.54) is 0 Å². The van der Waals surface area contributed by atoms with Crippen molar-refractivity contribution in [2.45, 2.75) is 13.8 Å². The Hall–Kier alpha value is -3.67. The average Bonchev–Trinajstić information content (AvgIpc) is 2.71. The summed E-state index contributed by atoms with van der Waals surface area (Å²) in [6.45, 7) is 10.3. The molecule has 2 aromatic carbocycles. The van der Waals surface area contributed by atoms with Gasteiger partial charge in [0.2, 0.25) is 0 Å². The minimum Gasteiger partial charge on any atom is -0.489 e. The van der Waals surface area contributed by atoms with E-state index in [1.54, 1.807) is 56.3 Å². The maximum absolute atomic E-state index is 11.6. The summed E-state index contributed by atoms with van der Waals surface area (Å²) in [6.07, 6.45) is 0.694. The van der Waals surface area contributed by atoms with Crippen molar-refractivity contribution in [1.29, 1.82) is 0 Å². The van der Waals surface area contributed by atoms with E-state index in [-0.39, 0.29) is 13.2 Å². The Bertz CT molecular complexity index is 940. The summed E-state index contributed by atoms with van der Waals surface area (Å²) < 4.78 is 15.8. The number of esters is 2. The average molecular weight is 394 g/mol. The highest BCUT2D eigenvalue weighted by Crippen LogP contribution is 2.28. The maximum atomic E-state index is 11.6. The van der Waals surface area contributed by atoms with Crippen LogP contribution in [0.2, 0.25) is 0 Å². The second-order valence-corrected chi connectivity index (χ2v) is 6.33. The van der Waals surface area contributed by atoms with Gasteiger partial charge >= 0.3 is 11.9 Å². The normalized spacial score (nSPS) is 10.0. The summed E-state index contributed by atoms with van der Waals surface area (Å²) in [4.78, 5) is 34.2. The first-order valence-corrected chi connectivity index (χ1v) is 8.84. The predicted octanol–water partition coefficient (Wildman–Crippen LogP) is 4.15. The van der Waals surface area contributed by atoms with Gasteiger partial charge in [-0.25, -0.2) is 9.59 Å². The van der Waals surface area contributed by atoms with Gasteiger partial charge in [-0.15, -0.1) is 0 Å². The lowest BCUT2D eigenvalue weighted by Gasteiger charge is -2.11. The molecule has 150 valence electrons. The Labute approximate surface area is 169 Å². The van der Waals surface area contributed by atoms with Gasteiger partial charge in [-0.3, -0.25) is 4.79 Å². The summed E-state index contributed by atoms with van der Waals surface area (Å²) in [5.41, 5.74) is 2.65. The van der Waals surface area contributed by atoms with Crippen molar-refractivity contribution in [2.75, 3.05) is 13.2 Å². The third-order valence-electron chi connectivity index (χ3n) is 3.81. The highest BCUT2D eigenvalue weighted by atomic mass is 16.6. The second kappa shape index (κ2) is 10.0. The van der Waals surface area contributed by atoms with Crippen LogP contribution in [0.1, 0.15) is 24.2 Å². The molecule has 29 heavy (non-hydrogen) atoms. The number of rotatable bonds is 9. The number of aldehydes is 1. The molecule has 0 heterocycles. The molecule has 0 saturated heterocycles. The van der Waals surface area contributed by atoms with Crippen molar-refractivity contribution in [3.05, 3.63) is 72.3 Å². The molecule has 6 nitrogen and oxygen atoms in total. The third-order valence-corrected chi connectivity index (χ3v) is 3.81. The maximum Gasteiger partial charge on any atom is 0.338 e. The number of carbonyl (C=O) groups is 3. The van der Waals surface area contributed by atoms with Gasteiger partial charge in [-0.2, -0.15) is 0 Å². The molecular weight excluding hydrogens is 372 g/mol. The van der Waals surface area contributed by atoms with Gasteiger partial charge in [0.05, 0.1) is 5.56 Å². The number of ether oxygens (including phenoxy) is 3. The van der Waals surface area contributed by atoms with E-state index in [2.05, 4.69) is 13.2 Å². The lowest BCUT2D eigenvalue weighted by atomic mass is 10.0. The molecule has 0 atom stereocenters. The van der Waals surface area contributed by atoms with Crippen molar-refractivity contribution >= 4 is 18.2 Å². The molecule has 0 aromatic heterocycles. The number of carbonyl (C=O) groups excluding carboxylic acids is 3. The van der Waals surface area contributed by atoms with E-state index in [9.17, 15) is 14.4 Å². The fourth-order valence-corrected chi connectivity index (χ4v) is 2.26. The van der Waals surface area contributed by atoms with Crippen molar-refractivity contribution in [3.63, 3.8) is 0 Å². The monoisotopic (exact) mass is 394 g/mol. The molecule has 0 unspecified atom stereocenters. The topological polar surface area (TPSA) is 78.9 Å². The van der Waals surface area contributed by atoms with Gasteiger partial charge in [0.1, 0.15) is 24.7 Å². The number of benzene rings is 2. The van der Waals surface area contributed by atoms with Gasteiger partial charge in [0, 0.05) is 11.1 Å². The summed E-state index contributed by atoms with van der Waals surface area (Å²) >= 11 is 0. The second-order valence-electron chi connectivity index (χ2n) is 6.33. The third kappa shape index (κ3) is 6.17. The lowest BCUT2D eigenvalue weighted by Crippen LogP contribution is -2.13. The Morgan fingerprint density at radius 3 is 2.10 bits per heavy atom. The molecule has 2 aromatic rings. The molecule has 0 bridgehead atoms. The fraction of sp³-hybridized carbons (Fsp3) is 0.174. The van der Waals surface area contributed by atoms with E-state index in [1.807, 2.05) is 0 Å². The van der Waals surface area contributed by atoms with E-state index < -0.39 is 11.9 Å². The van der Waals surface area contributed by atoms with Crippen LogP contribution in [0.3, 0.4) is 0 Å². The molecule has 0 aliphatic rings. The van der Waals surface area contributed by atoms with Crippen LogP contribution in [0.25, 0.3) is 11.1 Å². The van der Waals surface area contributed by atoms with Crippen LogP contribution in [-0.2, 0) is 14.3 Å². The van der Waals surface area contributed by atoms with Gasteiger partial charge in [-0.05, 0) is 49.2 Å². The van der Waals surface area contributed by atoms with Crippen LogP contribution in [0, 0.1) is 0 Å². The Morgan fingerprint density at radius 2 is 1.52 bits per heavy atom. The molecule has 0 spiro atoms. The highest BCUT2D eigenvalue weighted by Gasteiger charge is 2.09. The van der Waals surface area contributed by atoms with E-state index in [0.717, 1.165) is 11.1 Å². The first kappa shape index (κ1) is 21.6. The molecule has 0 radical (unpaired) electrons. The van der Waals surface area contributed by atoms with Crippen LogP contribution in [0.15, 0.2) is 66.8 Å². The first-order chi connectivity index (χ1) is 13.8. The van der Waals surface area contributed by atoms with Crippen molar-refractivity contribution < 1.29 is 28.6 Å². The molecule has 0 fully saturated rings. The smallest absolute Gasteiger partial charge is 0.338 e. The van der Waals surface area contributed by atoms with Crippen LogP contribution in [-0.4, -0.2) is 31.4 Å². The van der Waals surface area contributed by atoms with Crippen molar-refractivity contribution in [3.8, 4) is 22.6 Å². The summed E-state index contributed by atoms with van der Waals surface area (Å²) in [5.74, 6) is -0.203.